The SMILES string of the molecule is CCOC(=O)COc1c(CCN)cc(Cl)cc1OC. The van der Waals surface area contributed by atoms with E-state index in [9.17, 15) is 4.79 Å². The molecule has 1 aromatic rings. The topological polar surface area (TPSA) is 70.8 Å². The van der Waals surface area contributed by atoms with Gasteiger partial charge in [-0.2, -0.15) is 0 Å². The lowest BCUT2D eigenvalue weighted by Crippen LogP contribution is -2.16. The lowest BCUT2D eigenvalue weighted by atomic mass is 10.1. The predicted octanol–water partition coefficient (Wildman–Crippen LogP) is 1.79. The summed E-state index contributed by atoms with van der Waals surface area (Å²) >= 11 is 5.98. The zero-order valence-electron chi connectivity index (χ0n) is 11.1. The Kier molecular flexibility index (Phi) is 6.45. The molecule has 0 aliphatic rings. The molecule has 0 spiro atoms. The zero-order chi connectivity index (χ0) is 14.3. The molecular weight excluding hydrogens is 270 g/mol. The Balaban J connectivity index is 2.92. The molecule has 5 nitrogen and oxygen atoms in total. The van der Waals surface area contributed by atoms with Crippen LogP contribution in [0.25, 0.3) is 0 Å². The van der Waals surface area contributed by atoms with Crippen molar-refractivity contribution in [2.75, 3.05) is 26.9 Å². The van der Waals surface area contributed by atoms with Crippen molar-refractivity contribution in [3.63, 3.8) is 0 Å². The number of halogens is 1. The van der Waals surface area contributed by atoms with E-state index in [1.165, 1.54) is 7.11 Å². The molecule has 106 valence electrons. The number of benzene rings is 1. The Bertz CT molecular complexity index is 437. The van der Waals surface area contributed by atoms with Crippen molar-refractivity contribution in [1.29, 1.82) is 0 Å². The molecule has 2 N–H and O–H groups in total. The fourth-order valence-corrected chi connectivity index (χ4v) is 1.84. The van der Waals surface area contributed by atoms with Crippen LogP contribution in [0.3, 0.4) is 0 Å². The maximum atomic E-state index is 11.3. The highest BCUT2D eigenvalue weighted by Crippen LogP contribution is 2.34. The summed E-state index contributed by atoms with van der Waals surface area (Å²) in [5, 5.41) is 0.531. The molecule has 19 heavy (non-hydrogen) atoms. The van der Waals surface area contributed by atoms with Gasteiger partial charge in [0.2, 0.25) is 0 Å². The van der Waals surface area contributed by atoms with Gasteiger partial charge in [-0.1, -0.05) is 11.6 Å². The quantitative estimate of drug-likeness (QED) is 0.774. The number of methoxy groups -OCH3 is 1. The fraction of sp³-hybridized carbons (Fsp3) is 0.462. The molecule has 0 amide bonds. The number of carbonyl (C=O) groups is 1. The maximum absolute atomic E-state index is 11.3. The van der Waals surface area contributed by atoms with Gasteiger partial charge in [-0.15, -0.1) is 0 Å². The minimum atomic E-state index is -0.432. The van der Waals surface area contributed by atoms with Crippen molar-refractivity contribution in [2.24, 2.45) is 5.73 Å². The van der Waals surface area contributed by atoms with Crippen LogP contribution >= 0.6 is 11.6 Å². The highest BCUT2D eigenvalue weighted by molar-refractivity contribution is 6.30. The highest BCUT2D eigenvalue weighted by Gasteiger charge is 2.14. The summed E-state index contributed by atoms with van der Waals surface area (Å²) in [5.74, 6) is 0.517. The van der Waals surface area contributed by atoms with Crippen LogP contribution in [0.15, 0.2) is 12.1 Å². The molecular formula is C13H18ClNO4. The lowest BCUT2D eigenvalue weighted by molar-refractivity contribution is -0.145. The van der Waals surface area contributed by atoms with Crippen molar-refractivity contribution in [3.05, 3.63) is 22.7 Å². The molecule has 0 aliphatic heterocycles. The van der Waals surface area contributed by atoms with E-state index in [0.717, 1.165) is 5.56 Å². The molecule has 1 aromatic carbocycles. The van der Waals surface area contributed by atoms with Gasteiger partial charge >= 0.3 is 5.97 Å². The molecule has 0 radical (unpaired) electrons. The fourth-order valence-electron chi connectivity index (χ4n) is 1.61. The van der Waals surface area contributed by atoms with Crippen LogP contribution in [-0.2, 0) is 16.0 Å². The molecule has 0 bridgehead atoms. The van der Waals surface area contributed by atoms with Crippen molar-refractivity contribution in [2.45, 2.75) is 13.3 Å². The number of hydrogen-bond donors (Lipinski definition) is 1. The van der Waals surface area contributed by atoms with E-state index in [2.05, 4.69) is 0 Å². The number of rotatable bonds is 7. The summed E-state index contributed by atoms with van der Waals surface area (Å²) in [6, 6.07) is 3.37. The molecule has 0 unspecified atom stereocenters. The Morgan fingerprint density at radius 1 is 1.42 bits per heavy atom. The van der Waals surface area contributed by atoms with Gasteiger partial charge in [0.25, 0.3) is 0 Å². The van der Waals surface area contributed by atoms with Gasteiger partial charge < -0.3 is 19.9 Å². The summed E-state index contributed by atoms with van der Waals surface area (Å²) in [6.45, 7) is 2.32. The van der Waals surface area contributed by atoms with Crippen LogP contribution in [-0.4, -0.2) is 32.8 Å². The second kappa shape index (κ2) is 7.86. The third-order valence-electron chi connectivity index (χ3n) is 2.37. The molecule has 0 heterocycles. The Morgan fingerprint density at radius 3 is 2.74 bits per heavy atom. The van der Waals surface area contributed by atoms with Crippen LogP contribution in [0, 0.1) is 0 Å². The number of nitrogens with two attached hydrogens (primary N) is 1. The summed E-state index contributed by atoms with van der Waals surface area (Å²) in [7, 11) is 1.51. The van der Waals surface area contributed by atoms with Crippen LogP contribution < -0.4 is 15.2 Å². The van der Waals surface area contributed by atoms with Crippen LogP contribution in [0.2, 0.25) is 5.02 Å². The van der Waals surface area contributed by atoms with Crippen molar-refractivity contribution < 1.29 is 19.0 Å². The number of ether oxygens (including phenoxy) is 3. The summed E-state index contributed by atoms with van der Waals surface area (Å²) in [6.07, 6.45) is 0.578. The van der Waals surface area contributed by atoms with Crippen LogP contribution in [0.1, 0.15) is 12.5 Å². The summed E-state index contributed by atoms with van der Waals surface area (Å²) < 4.78 is 15.5. The number of hydrogen-bond acceptors (Lipinski definition) is 5. The standard InChI is InChI=1S/C13H18ClNO4/c1-3-18-12(16)8-19-13-9(4-5-15)6-10(14)7-11(13)17-2/h6-7H,3-5,8,15H2,1-2H3. The Labute approximate surface area is 117 Å². The van der Waals surface area contributed by atoms with E-state index >= 15 is 0 Å². The third kappa shape index (κ3) is 4.61. The molecule has 0 saturated heterocycles. The Morgan fingerprint density at radius 2 is 2.16 bits per heavy atom. The number of carbonyl (C=O) groups excluding carboxylic acids is 1. The maximum Gasteiger partial charge on any atom is 0.344 e. The molecule has 0 aliphatic carbocycles. The second-order valence-electron chi connectivity index (χ2n) is 3.73. The molecule has 0 aromatic heterocycles. The first-order chi connectivity index (χ1) is 9.12. The van der Waals surface area contributed by atoms with E-state index in [4.69, 9.17) is 31.5 Å². The third-order valence-corrected chi connectivity index (χ3v) is 2.59. The largest absolute Gasteiger partial charge is 0.493 e. The van der Waals surface area contributed by atoms with Gasteiger partial charge in [-0.3, -0.25) is 0 Å². The van der Waals surface area contributed by atoms with Gasteiger partial charge in [0.05, 0.1) is 13.7 Å². The lowest BCUT2D eigenvalue weighted by Gasteiger charge is -2.15. The van der Waals surface area contributed by atoms with Gasteiger partial charge in [0.1, 0.15) is 0 Å². The van der Waals surface area contributed by atoms with Crippen LogP contribution in [0.5, 0.6) is 11.5 Å². The number of esters is 1. The van der Waals surface area contributed by atoms with Crippen molar-refractivity contribution in [1.82, 2.24) is 0 Å². The van der Waals surface area contributed by atoms with E-state index in [1.807, 2.05) is 0 Å². The first kappa shape index (κ1) is 15.6. The van der Waals surface area contributed by atoms with Gasteiger partial charge in [-0.25, -0.2) is 4.79 Å². The van der Waals surface area contributed by atoms with Crippen molar-refractivity contribution >= 4 is 17.6 Å². The predicted molar refractivity (Wildman–Crippen MR) is 72.9 cm³/mol. The average molecular weight is 288 g/mol. The highest BCUT2D eigenvalue weighted by atomic mass is 35.5. The van der Waals surface area contributed by atoms with Gasteiger partial charge in [0.15, 0.2) is 18.1 Å². The molecule has 0 fully saturated rings. The zero-order valence-corrected chi connectivity index (χ0v) is 11.8. The molecule has 0 saturated carbocycles. The van der Waals surface area contributed by atoms with E-state index in [-0.39, 0.29) is 6.61 Å². The summed E-state index contributed by atoms with van der Waals surface area (Å²) in [4.78, 5) is 11.3. The molecule has 1 rings (SSSR count). The molecule has 0 atom stereocenters. The summed E-state index contributed by atoms with van der Waals surface area (Å²) in [5.41, 5.74) is 6.35. The van der Waals surface area contributed by atoms with E-state index in [0.29, 0.717) is 36.1 Å². The van der Waals surface area contributed by atoms with E-state index in [1.54, 1.807) is 19.1 Å². The van der Waals surface area contributed by atoms with Crippen LogP contribution in [0.4, 0.5) is 0 Å². The van der Waals surface area contributed by atoms with E-state index < -0.39 is 5.97 Å². The first-order valence-corrected chi connectivity index (χ1v) is 6.35. The first-order valence-electron chi connectivity index (χ1n) is 5.97. The normalized spacial score (nSPS) is 10.1. The van der Waals surface area contributed by atoms with Gasteiger partial charge in [0, 0.05) is 16.7 Å². The minimum Gasteiger partial charge on any atom is -0.493 e. The van der Waals surface area contributed by atoms with Gasteiger partial charge in [-0.05, 0) is 26.0 Å². The minimum absolute atomic E-state index is 0.177. The average Bonchev–Trinajstić information content (AvgIpc) is 2.37. The monoisotopic (exact) mass is 287 g/mol. The van der Waals surface area contributed by atoms with Crippen molar-refractivity contribution in [3.8, 4) is 11.5 Å². The smallest absolute Gasteiger partial charge is 0.344 e. The Hall–Kier alpha value is -1.46. The second-order valence-corrected chi connectivity index (χ2v) is 4.17. The molecule has 6 heteroatoms.